The summed E-state index contributed by atoms with van der Waals surface area (Å²) in [6.07, 6.45) is -4.41. The zero-order valence-corrected chi connectivity index (χ0v) is 17.1. The molecule has 0 aliphatic rings. The molecule has 0 saturated carbocycles. The SMILES string of the molecule is C/C(C(=O)O)=C(/C)c1cccc(OCc2nc(-c3ccc(C(F)(F)F)cc3)oc2C)c1. The van der Waals surface area contributed by atoms with E-state index >= 15 is 0 Å². The van der Waals surface area contributed by atoms with Gasteiger partial charge in [0.2, 0.25) is 5.89 Å². The molecular formula is C23H20F3NO4. The molecule has 8 heteroatoms. The maximum atomic E-state index is 12.7. The lowest BCUT2D eigenvalue weighted by molar-refractivity contribution is -0.137. The quantitative estimate of drug-likeness (QED) is 0.476. The van der Waals surface area contributed by atoms with Crippen molar-refractivity contribution < 1.29 is 32.2 Å². The van der Waals surface area contributed by atoms with E-state index in [1.165, 1.54) is 19.1 Å². The van der Waals surface area contributed by atoms with Gasteiger partial charge in [-0.05, 0) is 68.3 Å². The highest BCUT2D eigenvalue weighted by atomic mass is 19.4. The van der Waals surface area contributed by atoms with E-state index in [-0.39, 0.29) is 18.1 Å². The summed E-state index contributed by atoms with van der Waals surface area (Å²) in [5, 5.41) is 9.15. The van der Waals surface area contributed by atoms with E-state index in [9.17, 15) is 18.0 Å². The summed E-state index contributed by atoms with van der Waals surface area (Å²) in [4.78, 5) is 15.5. The van der Waals surface area contributed by atoms with Gasteiger partial charge in [-0.3, -0.25) is 0 Å². The van der Waals surface area contributed by atoms with Crippen LogP contribution in [0.15, 0.2) is 58.5 Å². The number of alkyl halides is 3. The van der Waals surface area contributed by atoms with Crippen LogP contribution in [0.4, 0.5) is 13.2 Å². The third kappa shape index (κ3) is 5.14. The molecule has 2 aromatic carbocycles. The number of benzene rings is 2. The summed E-state index contributed by atoms with van der Waals surface area (Å²) in [5.74, 6) is 0.227. The van der Waals surface area contributed by atoms with Gasteiger partial charge in [0.05, 0.1) is 5.56 Å². The number of rotatable bonds is 6. The number of hydrogen-bond donors (Lipinski definition) is 1. The molecule has 1 aromatic heterocycles. The molecule has 1 N–H and O–H groups in total. The molecule has 0 aliphatic heterocycles. The van der Waals surface area contributed by atoms with E-state index in [2.05, 4.69) is 4.98 Å². The lowest BCUT2D eigenvalue weighted by Gasteiger charge is -2.09. The van der Waals surface area contributed by atoms with Crippen LogP contribution in [0.2, 0.25) is 0 Å². The van der Waals surface area contributed by atoms with Crippen LogP contribution in [-0.4, -0.2) is 16.1 Å². The van der Waals surface area contributed by atoms with Crippen molar-refractivity contribution in [1.82, 2.24) is 4.98 Å². The summed E-state index contributed by atoms with van der Waals surface area (Å²) in [5.41, 5.74) is 1.78. The largest absolute Gasteiger partial charge is 0.487 e. The van der Waals surface area contributed by atoms with Gasteiger partial charge in [0.15, 0.2) is 0 Å². The molecule has 0 radical (unpaired) electrons. The smallest absolute Gasteiger partial charge is 0.416 e. The first-order valence-electron chi connectivity index (χ1n) is 9.34. The highest BCUT2D eigenvalue weighted by Crippen LogP contribution is 2.31. The summed E-state index contributed by atoms with van der Waals surface area (Å²) in [6, 6.07) is 11.6. The molecule has 162 valence electrons. The molecule has 0 spiro atoms. The molecule has 0 atom stereocenters. The molecule has 3 aromatic rings. The second kappa shape index (κ2) is 8.67. The van der Waals surface area contributed by atoms with Crippen LogP contribution in [0.3, 0.4) is 0 Å². The highest BCUT2D eigenvalue weighted by molar-refractivity contribution is 5.95. The third-order valence-electron chi connectivity index (χ3n) is 4.88. The molecular weight excluding hydrogens is 411 g/mol. The van der Waals surface area contributed by atoms with Crippen LogP contribution < -0.4 is 4.74 Å². The van der Waals surface area contributed by atoms with Crippen LogP contribution in [-0.2, 0) is 17.6 Å². The van der Waals surface area contributed by atoms with E-state index in [4.69, 9.17) is 14.3 Å². The highest BCUT2D eigenvalue weighted by Gasteiger charge is 2.30. The summed E-state index contributed by atoms with van der Waals surface area (Å²) in [6.45, 7) is 5.03. The number of aryl methyl sites for hydroxylation is 1. The second-order valence-electron chi connectivity index (χ2n) is 6.97. The molecule has 0 fully saturated rings. The molecule has 5 nitrogen and oxygen atoms in total. The van der Waals surface area contributed by atoms with Crippen LogP contribution >= 0.6 is 0 Å². The Kier molecular flexibility index (Phi) is 6.19. The maximum Gasteiger partial charge on any atom is 0.416 e. The molecule has 0 bridgehead atoms. The Bertz CT molecular complexity index is 1130. The van der Waals surface area contributed by atoms with Crippen LogP contribution in [0, 0.1) is 6.92 Å². The van der Waals surface area contributed by atoms with Crippen LogP contribution in [0.25, 0.3) is 17.0 Å². The minimum absolute atomic E-state index is 0.0834. The fourth-order valence-corrected chi connectivity index (χ4v) is 2.83. The number of allylic oxidation sites excluding steroid dienone is 1. The number of ether oxygens (including phenoxy) is 1. The lowest BCUT2D eigenvalue weighted by Crippen LogP contribution is -2.04. The number of halogens is 3. The number of carboxylic acid groups (broad SMARTS) is 1. The third-order valence-corrected chi connectivity index (χ3v) is 4.88. The number of carbonyl (C=O) groups is 1. The molecule has 3 rings (SSSR count). The average molecular weight is 431 g/mol. The van der Waals surface area contributed by atoms with E-state index < -0.39 is 17.7 Å². The first-order chi connectivity index (χ1) is 14.6. The fraction of sp³-hybridized carbons (Fsp3) is 0.217. The van der Waals surface area contributed by atoms with Crippen molar-refractivity contribution in [2.24, 2.45) is 0 Å². The predicted molar refractivity (Wildman–Crippen MR) is 108 cm³/mol. The van der Waals surface area contributed by atoms with Crippen LogP contribution in [0.5, 0.6) is 5.75 Å². The van der Waals surface area contributed by atoms with Crippen molar-refractivity contribution in [2.75, 3.05) is 0 Å². The number of aliphatic carboxylic acids is 1. The Balaban J connectivity index is 1.75. The zero-order chi connectivity index (χ0) is 22.8. The first-order valence-corrected chi connectivity index (χ1v) is 9.34. The van der Waals surface area contributed by atoms with Gasteiger partial charge in [0, 0.05) is 11.1 Å². The Morgan fingerprint density at radius 2 is 1.81 bits per heavy atom. The number of aromatic nitrogens is 1. The van der Waals surface area contributed by atoms with Crippen molar-refractivity contribution in [3.05, 3.63) is 76.7 Å². The van der Waals surface area contributed by atoms with Gasteiger partial charge in [-0.15, -0.1) is 0 Å². The summed E-state index contributed by atoms with van der Waals surface area (Å²) in [7, 11) is 0. The predicted octanol–water partition coefficient (Wildman–Crippen LogP) is 6.13. The zero-order valence-electron chi connectivity index (χ0n) is 17.1. The molecule has 0 unspecified atom stereocenters. The second-order valence-corrected chi connectivity index (χ2v) is 6.97. The van der Waals surface area contributed by atoms with Crippen molar-refractivity contribution in [3.8, 4) is 17.2 Å². The van der Waals surface area contributed by atoms with Crippen molar-refractivity contribution in [2.45, 2.75) is 33.6 Å². The van der Waals surface area contributed by atoms with E-state index in [0.29, 0.717) is 28.3 Å². The number of nitrogens with zero attached hydrogens (tertiary/aromatic N) is 1. The Morgan fingerprint density at radius 3 is 2.42 bits per heavy atom. The summed E-state index contributed by atoms with van der Waals surface area (Å²) >= 11 is 0. The van der Waals surface area contributed by atoms with E-state index in [1.54, 1.807) is 38.1 Å². The fourth-order valence-electron chi connectivity index (χ4n) is 2.83. The van der Waals surface area contributed by atoms with Gasteiger partial charge in [0.25, 0.3) is 0 Å². The molecule has 1 heterocycles. The Hall–Kier alpha value is -3.55. The maximum absolute atomic E-state index is 12.7. The van der Waals surface area contributed by atoms with Gasteiger partial charge in [-0.1, -0.05) is 12.1 Å². The van der Waals surface area contributed by atoms with Crippen molar-refractivity contribution in [3.63, 3.8) is 0 Å². The van der Waals surface area contributed by atoms with Gasteiger partial charge in [0.1, 0.15) is 23.8 Å². The van der Waals surface area contributed by atoms with Gasteiger partial charge < -0.3 is 14.3 Å². The normalized spacial score (nSPS) is 12.5. The van der Waals surface area contributed by atoms with Crippen LogP contribution in [0.1, 0.15) is 36.4 Å². The van der Waals surface area contributed by atoms with Gasteiger partial charge in [-0.25, -0.2) is 9.78 Å². The van der Waals surface area contributed by atoms with Crippen molar-refractivity contribution in [1.29, 1.82) is 0 Å². The monoisotopic (exact) mass is 431 g/mol. The molecule has 0 saturated heterocycles. The number of oxazole rings is 1. The van der Waals surface area contributed by atoms with Crippen molar-refractivity contribution >= 4 is 11.5 Å². The summed E-state index contributed by atoms with van der Waals surface area (Å²) < 4.78 is 49.5. The minimum Gasteiger partial charge on any atom is -0.487 e. The molecule has 0 aliphatic carbocycles. The van der Waals surface area contributed by atoms with Gasteiger partial charge in [-0.2, -0.15) is 13.2 Å². The minimum atomic E-state index is -4.41. The Labute approximate surface area is 176 Å². The van der Waals surface area contributed by atoms with E-state index in [0.717, 1.165) is 17.7 Å². The van der Waals surface area contributed by atoms with Gasteiger partial charge >= 0.3 is 12.1 Å². The average Bonchev–Trinajstić information content (AvgIpc) is 3.11. The number of carboxylic acids is 1. The molecule has 0 amide bonds. The molecule has 31 heavy (non-hydrogen) atoms. The standard InChI is InChI=1S/C23H20F3NO4/c1-13(14(2)22(28)29)17-5-4-6-19(11-17)30-12-20-15(3)31-21(27-20)16-7-9-18(10-8-16)23(24,25)26/h4-11H,12H2,1-3H3,(H,28,29)/b14-13+. The lowest BCUT2D eigenvalue weighted by atomic mass is 10.0. The first kappa shape index (κ1) is 22.1. The topological polar surface area (TPSA) is 72.6 Å². The Morgan fingerprint density at radius 1 is 1.13 bits per heavy atom. The van der Waals surface area contributed by atoms with E-state index in [1.807, 2.05) is 0 Å². The number of hydrogen-bond acceptors (Lipinski definition) is 4.